The molecule has 0 spiro atoms. The van der Waals surface area contributed by atoms with Gasteiger partial charge in [0.25, 0.3) is 0 Å². The fraction of sp³-hybridized carbons (Fsp3) is 0.846. The molecule has 218 valence electrons. The monoisotopic (exact) mass is 542 g/mol. The van der Waals surface area contributed by atoms with Gasteiger partial charge in [-0.2, -0.15) is 16.8 Å². The zero-order valence-electron chi connectivity index (χ0n) is 24.5. The predicted octanol–water partition coefficient (Wildman–Crippen LogP) is 4.39. The SMILES string of the molecule is CC(C)N=C(N)NC(=N)N.CCCCCCCCCCSCC(CCC)CN(C(N)=NC(=N)N)C(C)C. The molecule has 0 aromatic carbocycles. The van der Waals surface area contributed by atoms with Crippen molar-refractivity contribution in [3.63, 3.8) is 0 Å². The second kappa shape index (κ2) is 24.2. The van der Waals surface area contributed by atoms with E-state index in [1.807, 2.05) is 13.8 Å². The second-order valence-electron chi connectivity index (χ2n) is 9.95. The summed E-state index contributed by atoms with van der Waals surface area (Å²) < 4.78 is 0. The van der Waals surface area contributed by atoms with E-state index in [-0.39, 0.29) is 30.0 Å². The quantitative estimate of drug-likeness (QED) is 0.0804. The number of hydrogen-bond acceptors (Lipinski definition) is 4. The molecule has 0 aliphatic carbocycles. The third-order valence-electron chi connectivity index (χ3n) is 5.46. The van der Waals surface area contributed by atoms with Crippen molar-refractivity contribution in [2.24, 2.45) is 38.8 Å². The van der Waals surface area contributed by atoms with Gasteiger partial charge in [0.15, 0.2) is 17.9 Å². The highest BCUT2D eigenvalue weighted by Crippen LogP contribution is 2.19. The zero-order chi connectivity index (χ0) is 28.6. The van der Waals surface area contributed by atoms with Crippen LogP contribution in [-0.2, 0) is 0 Å². The first-order valence-electron chi connectivity index (χ1n) is 13.9. The van der Waals surface area contributed by atoms with Gasteiger partial charge in [-0.25, -0.2) is 0 Å². The Morgan fingerprint density at radius 1 is 0.865 bits per heavy atom. The van der Waals surface area contributed by atoms with Crippen LogP contribution in [0.5, 0.6) is 0 Å². The maximum absolute atomic E-state index is 7.34. The van der Waals surface area contributed by atoms with Gasteiger partial charge in [-0.05, 0) is 58.0 Å². The number of guanidine groups is 4. The lowest BCUT2D eigenvalue weighted by molar-refractivity contribution is 0.292. The highest BCUT2D eigenvalue weighted by Gasteiger charge is 2.18. The van der Waals surface area contributed by atoms with Gasteiger partial charge in [-0.15, -0.1) is 0 Å². The minimum Gasteiger partial charge on any atom is -0.370 e. The van der Waals surface area contributed by atoms with Crippen LogP contribution in [0, 0.1) is 16.7 Å². The number of nitrogens with one attached hydrogen (secondary N) is 3. The molecule has 11 heteroatoms. The van der Waals surface area contributed by atoms with Crippen molar-refractivity contribution < 1.29 is 0 Å². The maximum Gasteiger partial charge on any atom is 0.215 e. The molecular formula is C26H58N10S. The number of nitrogens with zero attached hydrogens (tertiary/aromatic N) is 3. The number of rotatable bonds is 17. The van der Waals surface area contributed by atoms with E-state index in [1.54, 1.807) is 0 Å². The van der Waals surface area contributed by atoms with Crippen molar-refractivity contribution in [3.05, 3.63) is 0 Å². The zero-order valence-corrected chi connectivity index (χ0v) is 25.3. The van der Waals surface area contributed by atoms with Crippen molar-refractivity contribution in [2.45, 2.75) is 118 Å². The van der Waals surface area contributed by atoms with Crippen LogP contribution in [0.2, 0.25) is 0 Å². The third-order valence-corrected chi connectivity index (χ3v) is 6.74. The molecule has 11 N–H and O–H groups in total. The summed E-state index contributed by atoms with van der Waals surface area (Å²) in [5, 5.41) is 16.5. The summed E-state index contributed by atoms with van der Waals surface area (Å²) in [6, 6.07) is 0.372. The Bertz CT molecular complexity index is 649. The van der Waals surface area contributed by atoms with Gasteiger partial charge in [-0.3, -0.25) is 21.1 Å². The van der Waals surface area contributed by atoms with Crippen LogP contribution in [-0.4, -0.2) is 58.9 Å². The van der Waals surface area contributed by atoms with Crippen molar-refractivity contribution >= 4 is 35.6 Å². The Morgan fingerprint density at radius 3 is 1.89 bits per heavy atom. The number of aliphatic imine (C=N–C) groups is 2. The largest absolute Gasteiger partial charge is 0.370 e. The van der Waals surface area contributed by atoms with Gasteiger partial charge in [0, 0.05) is 18.6 Å². The molecule has 1 unspecified atom stereocenters. The first-order chi connectivity index (χ1) is 17.4. The predicted molar refractivity (Wildman–Crippen MR) is 166 cm³/mol. The summed E-state index contributed by atoms with van der Waals surface area (Å²) >= 11 is 2.08. The second-order valence-corrected chi connectivity index (χ2v) is 11.1. The highest BCUT2D eigenvalue weighted by atomic mass is 32.2. The number of hydrogen-bond donors (Lipinski definition) is 7. The van der Waals surface area contributed by atoms with Crippen LogP contribution in [0.1, 0.15) is 106 Å². The average molecular weight is 543 g/mol. The van der Waals surface area contributed by atoms with Crippen LogP contribution in [0.4, 0.5) is 0 Å². The topological polar surface area (TPSA) is 192 Å². The van der Waals surface area contributed by atoms with E-state index in [2.05, 4.69) is 59.7 Å². The van der Waals surface area contributed by atoms with Crippen molar-refractivity contribution in [1.82, 2.24) is 10.2 Å². The van der Waals surface area contributed by atoms with E-state index >= 15 is 0 Å². The molecule has 0 amide bonds. The molecule has 0 heterocycles. The Morgan fingerprint density at radius 2 is 1.43 bits per heavy atom. The number of unbranched alkanes of at least 4 members (excludes halogenated alkanes) is 7. The van der Waals surface area contributed by atoms with E-state index in [4.69, 9.17) is 33.8 Å². The molecule has 0 aromatic rings. The fourth-order valence-electron chi connectivity index (χ4n) is 3.71. The Kier molecular flexibility index (Phi) is 24.2. The first kappa shape index (κ1) is 37.0. The number of thioether (sulfide) groups is 1. The third kappa shape index (κ3) is 25.3. The molecule has 37 heavy (non-hydrogen) atoms. The smallest absolute Gasteiger partial charge is 0.215 e. The minimum absolute atomic E-state index is 0.117. The van der Waals surface area contributed by atoms with Crippen molar-refractivity contribution in [3.8, 4) is 0 Å². The standard InChI is InChI=1S/C21H45N5S.C5H13N5/c1-5-7-8-9-10-11-12-13-15-27-17-19(14-6-2)16-26(18(3)4)21(24)25-20(22)23;1-3(2)9-5(8)10-4(6)7/h18-19H,5-17H2,1-4H3,(H5,22,23,24,25);3H,1-2H3,(H6,6,7,8,9,10). The minimum atomic E-state index is -0.228. The van der Waals surface area contributed by atoms with E-state index in [9.17, 15) is 0 Å². The lowest BCUT2D eigenvalue weighted by Crippen LogP contribution is -2.46. The van der Waals surface area contributed by atoms with Gasteiger partial charge in [0.05, 0.1) is 0 Å². The molecule has 1 atom stereocenters. The normalized spacial score (nSPS) is 12.8. The molecule has 0 fully saturated rings. The fourth-order valence-corrected chi connectivity index (χ4v) is 4.89. The van der Waals surface area contributed by atoms with Gasteiger partial charge in [0.1, 0.15) is 0 Å². The first-order valence-corrected chi connectivity index (χ1v) is 15.1. The molecule has 0 aliphatic rings. The molecule has 10 nitrogen and oxygen atoms in total. The Labute approximate surface area is 231 Å². The van der Waals surface area contributed by atoms with Gasteiger partial charge in [0.2, 0.25) is 5.96 Å². The molecule has 0 saturated carbocycles. The van der Waals surface area contributed by atoms with Crippen LogP contribution in [0.25, 0.3) is 0 Å². The summed E-state index contributed by atoms with van der Waals surface area (Å²) in [4.78, 5) is 9.91. The molecular weight excluding hydrogens is 484 g/mol. The summed E-state index contributed by atoms with van der Waals surface area (Å²) in [7, 11) is 0. The number of nitrogens with two attached hydrogens (primary N) is 4. The van der Waals surface area contributed by atoms with E-state index in [1.165, 1.54) is 75.7 Å². The lowest BCUT2D eigenvalue weighted by atomic mass is 10.0. The van der Waals surface area contributed by atoms with Gasteiger partial charge >= 0.3 is 0 Å². The molecule has 0 aromatic heterocycles. The summed E-state index contributed by atoms with van der Waals surface area (Å²) in [6.45, 7) is 13.4. The lowest BCUT2D eigenvalue weighted by Gasteiger charge is -2.31. The van der Waals surface area contributed by atoms with Crippen LogP contribution in [0.3, 0.4) is 0 Å². The van der Waals surface area contributed by atoms with Crippen LogP contribution in [0.15, 0.2) is 9.98 Å². The van der Waals surface area contributed by atoms with Gasteiger partial charge < -0.3 is 27.8 Å². The van der Waals surface area contributed by atoms with Crippen molar-refractivity contribution in [2.75, 3.05) is 18.1 Å². The van der Waals surface area contributed by atoms with Crippen molar-refractivity contribution in [1.29, 1.82) is 10.8 Å². The maximum atomic E-state index is 7.34. The molecule has 0 rings (SSSR count). The van der Waals surface area contributed by atoms with E-state index < -0.39 is 0 Å². The Balaban J connectivity index is 0. The highest BCUT2D eigenvalue weighted by molar-refractivity contribution is 7.99. The summed E-state index contributed by atoms with van der Waals surface area (Å²) in [5.74, 6) is 3.15. The van der Waals surface area contributed by atoms with Gasteiger partial charge in [-0.1, -0.05) is 65.2 Å². The van der Waals surface area contributed by atoms with Crippen LogP contribution >= 0.6 is 11.8 Å². The molecule has 0 saturated heterocycles. The molecule has 0 bridgehead atoms. The average Bonchev–Trinajstić information content (AvgIpc) is 2.77. The molecule has 0 radical (unpaired) electrons. The molecule has 0 aliphatic heterocycles. The Hall–Kier alpha value is -2.17. The summed E-state index contributed by atoms with van der Waals surface area (Å²) in [5.41, 5.74) is 21.7. The van der Waals surface area contributed by atoms with Crippen LogP contribution < -0.4 is 28.3 Å². The van der Waals surface area contributed by atoms with E-state index in [0.29, 0.717) is 11.9 Å². The van der Waals surface area contributed by atoms with E-state index in [0.717, 1.165) is 6.54 Å². The summed E-state index contributed by atoms with van der Waals surface area (Å²) in [6.07, 6.45) is 13.4.